The summed E-state index contributed by atoms with van der Waals surface area (Å²) in [6.07, 6.45) is 8.73. The molecule has 6 heteroatoms. The third kappa shape index (κ3) is 2.98. The lowest BCUT2D eigenvalue weighted by molar-refractivity contribution is 0.236. The number of hydrogen-bond donors (Lipinski definition) is 2. The van der Waals surface area contributed by atoms with Crippen molar-refractivity contribution >= 4 is 63.7 Å². The quantitative estimate of drug-likeness (QED) is 0.386. The van der Waals surface area contributed by atoms with Crippen LogP contribution in [0.4, 0.5) is 0 Å². The molecule has 116 valence electrons. The summed E-state index contributed by atoms with van der Waals surface area (Å²) in [5.74, 6) is 0.532. The van der Waals surface area contributed by atoms with Gasteiger partial charge in [-0.05, 0) is 12.2 Å². The lowest BCUT2D eigenvalue weighted by Gasteiger charge is -2.51. The molecular weight excluding hydrogens is 532 g/mol. The molecular formula is C15H16Br4O2. The zero-order chi connectivity index (χ0) is 16.1. The molecule has 0 aromatic rings. The first-order chi connectivity index (χ1) is 9.52. The van der Waals surface area contributed by atoms with E-state index in [4.69, 9.17) is 0 Å². The average molecular weight is 548 g/mol. The van der Waals surface area contributed by atoms with Gasteiger partial charge < -0.3 is 10.2 Å². The summed E-state index contributed by atoms with van der Waals surface area (Å²) in [6, 6.07) is 0. The smallest absolute Gasteiger partial charge is 0.125 e. The zero-order valence-corrected chi connectivity index (χ0v) is 18.0. The molecule has 0 fully saturated rings. The van der Waals surface area contributed by atoms with Crippen LogP contribution in [0.1, 0.15) is 26.7 Å². The topological polar surface area (TPSA) is 40.5 Å². The third-order valence-electron chi connectivity index (χ3n) is 4.47. The summed E-state index contributed by atoms with van der Waals surface area (Å²) < 4.78 is 0.893. The highest BCUT2D eigenvalue weighted by atomic mass is 79.9. The predicted octanol–water partition coefficient (Wildman–Crippen LogP) is 6.53. The van der Waals surface area contributed by atoms with Gasteiger partial charge in [-0.2, -0.15) is 0 Å². The van der Waals surface area contributed by atoms with Crippen LogP contribution in [0.2, 0.25) is 0 Å². The number of rotatable bonds is 2. The molecule has 2 aliphatic rings. The largest absolute Gasteiger partial charge is 0.507 e. The standard InChI is InChI=1S/C15H16Br4O2/c1-13(2,14(18)5-3-11(20)9(16)7-14)15(19)6-4-12(21)10(17)8-15/h3-6,20-21H,7-8H2,1-2H3. The highest BCUT2D eigenvalue weighted by Gasteiger charge is 2.54. The van der Waals surface area contributed by atoms with Crippen molar-refractivity contribution < 1.29 is 10.2 Å². The van der Waals surface area contributed by atoms with Crippen LogP contribution in [-0.2, 0) is 0 Å². The minimum absolute atomic E-state index is 0.244. The van der Waals surface area contributed by atoms with Crippen LogP contribution in [0.3, 0.4) is 0 Å². The maximum atomic E-state index is 9.78. The average Bonchev–Trinajstić information content (AvgIpc) is 2.39. The summed E-state index contributed by atoms with van der Waals surface area (Å²) >= 11 is 14.6. The van der Waals surface area contributed by atoms with Crippen LogP contribution < -0.4 is 0 Å². The highest BCUT2D eigenvalue weighted by molar-refractivity contribution is 9.12. The molecule has 2 N–H and O–H groups in total. The molecule has 0 spiro atoms. The molecule has 0 amide bonds. The molecule has 0 bridgehead atoms. The predicted molar refractivity (Wildman–Crippen MR) is 102 cm³/mol. The van der Waals surface area contributed by atoms with Crippen molar-refractivity contribution in [2.24, 2.45) is 5.41 Å². The SMILES string of the molecule is CC(C)(C1(Br)C=CC(O)=C(Br)C1)C1(Br)C=CC(O)=C(Br)C1. The Kier molecular flexibility index (Phi) is 4.96. The fourth-order valence-electron chi connectivity index (χ4n) is 2.56. The van der Waals surface area contributed by atoms with Gasteiger partial charge in [-0.1, -0.05) is 89.7 Å². The Balaban J connectivity index is 2.40. The fraction of sp³-hybridized carbons (Fsp3) is 0.467. The van der Waals surface area contributed by atoms with Crippen LogP contribution in [0.15, 0.2) is 44.8 Å². The van der Waals surface area contributed by atoms with Gasteiger partial charge in [0.2, 0.25) is 0 Å². The number of alkyl halides is 2. The fourth-order valence-corrected chi connectivity index (χ4v) is 6.26. The second-order valence-corrected chi connectivity index (χ2v) is 10.7. The Hall–Kier alpha value is 0.480. The molecule has 2 atom stereocenters. The first-order valence-electron chi connectivity index (χ1n) is 6.44. The minimum Gasteiger partial charge on any atom is -0.507 e. The van der Waals surface area contributed by atoms with E-state index in [1.165, 1.54) is 0 Å². The van der Waals surface area contributed by atoms with Gasteiger partial charge in [0.05, 0.1) is 8.65 Å². The molecule has 2 nitrogen and oxygen atoms in total. The third-order valence-corrected chi connectivity index (χ3v) is 8.91. The van der Waals surface area contributed by atoms with Crippen LogP contribution in [0.25, 0.3) is 0 Å². The summed E-state index contributed by atoms with van der Waals surface area (Å²) in [5, 5.41) is 19.6. The van der Waals surface area contributed by atoms with Gasteiger partial charge in [-0.3, -0.25) is 0 Å². The summed E-state index contributed by atoms with van der Waals surface area (Å²) in [4.78, 5) is 0. The molecule has 2 rings (SSSR count). The zero-order valence-electron chi connectivity index (χ0n) is 11.6. The van der Waals surface area contributed by atoms with Crippen molar-refractivity contribution in [2.75, 3.05) is 0 Å². The first kappa shape index (κ1) is 17.8. The van der Waals surface area contributed by atoms with Crippen LogP contribution in [-0.4, -0.2) is 18.9 Å². The molecule has 21 heavy (non-hydrogen) atoms. The molecule has 0 saturated heterocycles. The second-order valence-electron chi connectivity index (χ2n) is 5.95. The van der Waals surface area contributed by atoms with E-state index in [2.05, 4.69) is 77.6 Å². The van der Waals surface area contributed by atoms with Crippen molar-refractivity contribution in [3.8, 4) is 0 Å². The molecule has 0 aromatic carbocycles. The maximum Gasteiger partial charge on any atom is 0.125 e. The van der Waals surface area contributed by atoms with Gasteiger partial charge in [0.15, 0.2) is 0 Å². The van der Waals surface area contributed by atoms with Crippen molar-refractivity contribution in [3.05, 3.63) is 44.8 Å². The van der Waals surface area contributed by atoms with E-state index in [-0.39, 0.29) is 25.6 Å². The van der Waals surface area contributed by atoms with Crippen molar-refractivity contribution in [1.29, 1.82) is 0 Å². The van der Waals surface area contributed by atoms with Gasteiger partial charge in [-0.25, -0.2) is 0 Å². The Bertz CT molecular complexity index is 538. The molecule has 2 aliphatic carbocycles. The van der Waals surface area contributed by atoms with E-state index < -0.39 is 0 Å². The Morgan fingerprint density at radius 2 is 1.24 bits per heavy atom. The molecule has 0 aromatic heterocycles. The lowest BCUT2D eigenvalue weighted by Crippen LogP contribution is -2.52. The summed E-state index contributed by atoms with van der Waals surface area (Å²) in [7, 11) is 0. The normalized spacial score (nSPS) is 33.8. The maximum absolute atomic E-state index is 9.78. The monoisotopic (exact) mass is 544 g/mol. The van der Waals surface area contributed by atoms with Gasteiger partial charge in [0, 0.05) is 27.2 Å². The summed E-state index contributed by atoms with van der Waals surface area (Å²) in [5.41, 5.74) is -0.244. The van der Waals surface area contributed by atoms with Gasteiger partial charge in [0.1, 0.15) is 11.5 Å². The Morgan fingerprint density at radius 3 is 1.52 bits per heavy atom. The van der Waals surface area contributed by atoms with Gasteiger partial charge in [-0.15, -0.1) is 0 Å². The van der Waals surface area contributed by atoms with E-state index in [0.717, 1.165) is 8.96 Å². The lowest BCUT2D eigenvalue weighted by atomic mass is 9.65. The number of allylic oxidation sites excluding steroid dienone is 6. The van der Waals surface area contributed by atoms with E-state index in [1.54, 1.807) is 12.2 Å². The Labute approximate surface area is 158 Å². The van der Waals surface area contributed by atoms with Gasteiger partial charge >= 0.3 is 0 Å². The van der Waals surface area contributed by atoms with E-state index >= 15 is 0 Å². The van der Waals surface area contributed by atoms with E-state index in [9.17, 15) is 10.2 Å². The molecule has 0 radical (unpaired) electrons. The van der Waals surface area contributed by atoms with Crippen molar-refractivity contribution in [1.82, 2.24) is 0 Å². The van der Waals surface area contributed by atoms with Crippen molar-refractivity contribution in [3.63, 3.8) is 0 Å². The molecule has 0 heterocycles. The van der Waals surface area contributed by atoms with Gasteiger partial charge in [0.25, 0.3) is 0 Å². The van der Waals surface area contributed by atoms with E-state index in [1.807, 2.05) is 12.2 Å². The number of aliphatic hydroxyl groups excluding tert-OH is 2. The Morgan fingerprint density at radius 1 is 0.905 bits per heavy atom. The highest BCUT2D eigenvalue weighted by Crippen LogP contribution is 2.59. The molecule has 2 unspecified atom stereocenters. The second kappa shape index (κ2) is 5.84. The number of hydrogen-bond acceptors (Lipinski definition) is 2. The van der Waals surface area contributed by atoms with Crippen molar-refractivity contribution in [2.45, 2.75) is 35.3 Å². The minimum atomic E-state index is -0.334. The van der Waals surface area contributed by atoms with E-state index in [0.29, 0.717) is 12.8 Å². The summed E-state index contributed by atoms with van der Waals surface area (Å²) in [6.45, 7) is 4.33. The number of aliphatic hydroxyl groups is 2. The first-order valence-corrected chi connectivity index (χ1v) is 9.61. The molecule has 0 saturated carbocycles. The van der Waals surface area contributed by atoms with Crippen LogP contribution in [0, 0.1) is 5.41 Å². The molecule has 0 aliphatic heterocycles. The van der Waals surface area contributed by atoms with Crippen LogP contribution >= 0.6 is 63.7 Å². The van der Waals surface area contributed by atoms with Crippen LogP contribution in [0.5, 0.6) is 0 Å². The number of halogens is 4.